The van der Waals surface area contributed by atoms with Crippen LogP contribution in [0.1, 0.15) is 18.4 Å². The van der Waals surface area contributed by atoms with Crippen molar-refractivity contribution < 1.29 is 9.84 Å². The van der Waals surface area contributed by atoms with Gasteiger partial charge < -0.3 is 15.2 Å². The molecule has 1 aromatic carbocycles. The number of hydrogen-bond donors (Lipinski definition) is 2. The van der Waals surface area contributed by atoms with E-state index in [0.29, 0.717) is 0 Å². The fraction of sp³-hybridized carbons (Fsp3) is 0.316. The fourth-order valence-corrected chi connectivity index (χ4v) is 3.21. The average molecular weight is 323 g/mol. The van der Waals surface area contributed by atoms with E-state index < -0.39 is 0 Å². The topological polar surface area (TPSA) is 58.8 Å². The van der Waals surface area contributed by atoms with E-state index in [1.807, 2.05) is 24.4 Å². The van der Waals surface area contributed by atoms with Crippen LogP contribution >= 0.6 is 0 Å². The molecule has 1 fully saturated rings. The van der Waals surface area contributed by atoms with Gasteiger partial charge in [0, 0.05) is 24.9 Å². The first-order chi connectivity index (χ1) is 11.7. The van der Waals surface area contributed by atoms with Gasteiger partial charge in [0.05, 0.1) is 6.10 Å². The maximum absolute atomic E-state index is 9.55. The molecule has 0 radical (unpaired) electrons. The molecule has 5 heteroatoms. The Hall–Kier alpha value is -2.53. The molecule has 2 N–H and O–H groups in total. The van der Waals surface area contributed by atoms with Crippen molar-refractivity contribution in [3.63, 3.8) is 0 Å². The second-order valence-electron chi connectivity index (χ2n) is 6.26. The Morgan fingerprint density at radius 1 is 1.29 bits per heavy atom. The Kier molecular flexibility index (Phi) is 3.86. The second-order valence-corrected chi connectivity index (χ2v) is 6.26. The third-order valence-electron chi connectivity index (χ3n) is 4.51. The molecule has 24 heavy (non-hydrogen) atoms. The van der Waals surface area contributed by atoms with Gasteiger partial charge in [-0.15, -0.1) is 0 Å². The molecule has 3 aromatic rings. The van der Waals surface area contributed by atoms with Gasteiger partial charge in [-0.05, 0) is 55.7 Å². The third kappa shape index (κ3) is 2.71. The van der Waals surface area contributed by atoms with Crippen molar-refractivity contribution >= 4 is 11.5 Å². The van der Waals surface area contributed by atoms with E-state index >= 15 is 0 Å². The van der Waals surface area contributed by atoms with Crippen molar-refractivity contribution in [2.45, 2.75) is 25.9 Å². The summed E-state index contributed by atoms with van der Waals surface area (Å²) in [5, 5.41) is 13.1. The largest absolute Gasteiger partial charge is 0.508 e. The molecule has 1 aliphatic rings. The Morgan fingerprint density at radius 2 is 2.12 bits per heavy atom. The number of benzene rings is 1. The normalized spacial score (nSPS) is 17.5. The zero-order valence-electron chi connectivity index (χ0n) is 13.7. The Labute approximate surface area is 140 Å². The first-order valence-electron chi connectivity index (χ1n) is 8.35. The summed E-state index contributed by atoms with van der Waals surface area (Å²) in [6.07, 6.45) is 4.51. The van der Waals surface area contributed by atoms with E-state index in [2.05, 4.69) is 22.7 Å². The minimum atomic E-state index is 0.257. The standard InChI is InChI=1S/C19H21N3O2/c1-13-4-2-10-22-18(13)21-17(14-6-8-15(23)9-7-14)19(22)20-12-16-5-3-11-24-16/h2,4,6-10,16,20,23H,3,5,11-12H2,1H3/t16-/m1/s1. The number of hydrogen-bond acceptors (Lipinski definition) is 4. The summed E-state index contributed by atoms with van der Waals surface area (Å²) < 4.78 is 7.81. The SMILES string of the molecule is Cc1cccn2c(NC[C@H]3CCCO3)c(-c3ccc(O)cc3)nc12. The van der Waals surface area contributed by atoms with Crippen molar-refractivity contribution in [3.8, 4) is 17.0 Å². The predicted octanol–water partition coefficient (Wildman–Crippen LogP) is 3.61. The molecule has 0 saturated carbocycles. The molecule has 0 spiro atoms. The molecule has 0 bridgehead atoms. The number of pyridine rings is 1. The van der Waals surface area contributed by atoms with Crippen molar-refractivity contribution in [2.24, 2.45) is 0 Å². The average Bonchev–Trinajstić information content (AvgIpc) is 3.22. The zero-order chi connectivity index (χ0) is 16.5. The van der Waals surface area contributed by atoms with Gasteiger partial charge >= 0.3 is 0 Å². The molecular weight excluding hydrogens is 302 g/mol. The number of aromatic nitrogens is 2. The van der Waals surface area contributed by atoms with Crippen LogP contribution in [0, 0.1) is 6.92 Å². The molecule has 0 aliphatic carbocycles. The zero-order valence-corrected chi connectivity index (χ0v) is 13.7. The highest BCUT2D eigenvalue weighted by atomic mass is 16.5. The summed E-state index contributed by atoms with van der Waals surface area (Å²) in [6, 6.07) is 11.3. The second kappa shape index (κ2) is 6.17. The number of aryl methyl sites for hydroxylation is 1. The van der Waals surface area contributed by atoms with Gasteiger partial charge in [-0.2, -0.15) is 0 Å². The van der Waals surface area contributed by atoms with Gasteiger partial charge in [0.1, 0.15) is 22.9 Å². The van der Waals surface area contributed by atoms with Crippen LogP contribution in [0.25, 0.3) is 16.9 Å². The highest BCUT2D eigenvalue weighted by molar-refractivity contribution is 5.77. The van der Waals surface area contributed by atoms with E-state index in [4.69, 9.17) is 9.72 Å². The van der Waals surface area contributed by atoms with Crippen molar-refractivity contribution in [1.29, 1.82) is 0 Å². The summed E-state index contributed by atoms with van der Waals surface area (Å²) in [7, 11) is 0. The summed E-state index contributed by atoms with van der Waals surface area (Å²) in [6.45, 7) is 3.68. The summed E-state index contributed by atoms with van der Waals surface area (Å²) in [5.74, 6) is 1.22. The van der Waals surface area contributed by atoms with Crippen LogP contribution < -0.4 is 5.32 Å². The van der Waals surface area contributed by atoms with Crippen LogP contribution in [0.3, 0.4) is 0 Å². The number of rotatable bonds is 4. The molecule has 5 nitrogen and oxygen atoms in total. The van der Waals surface area contributed by atoms with Crippen LogP contribution in [-0.4, -0.2) is 33.7 Å². The Bertz CT molecular complexity index is 849. The van der Waals surface area contributed by atoms with Crippen LogP contribution in [0.15, 0.2) is 42.6 Å². The molecular formula is C19H21N3O2. The predicted molar refractivity (Wildman–Crippen MR) is 94.5 cm³/mol. The number of anilines is 1. The van der Waals surface area contributed by atoms with Gasteiger partial charge in [-0.3, -0.25) is 4.40 Å². The van der Waals surface area contributed by atoms with Gasteiger partial charge in [0.25, 0.3) is 0 Å². The molecule has 4 rings (SSSR count). The van der Waals surface area contributed by atoms with E-state index in [9.17, 15) is 5.11 Å². The number of fused-ring (bicyclic) bond motifs is 1. The number of ether oxygens (including phenoxy) is 1. The van der Waals surface area contributed by atoms with E-state index in [1.54, 1.807) is 12.1 Å². The first-order valence-corrected chi connectivity index (χ1v) is 8.35. The highest BCUT2D eigenvalue weighted by Crippen LogP contribution is 2.31. The van der Waals surface area contributed by atoms with Gasteiger partial charge in [0.2, 0.25) is 0 Å². The number of nitrogens with zero attached hydrogens (tertiary/aromatic N) is 2. The number of phenolic OH excluding ortho intramolecular Hbond substituents is 1. The van der Waals surface area contributed by atoms with Gasteiger partial charge in [0.15, 0.2) is 0 Å². The quantitative estimate of drug-likeness (QED) is 0.770. The fourth-order valence-electron chi connectivity index (χ4n) is 3.21. The van der Waals surface area contributed by atoms with E-state index in [-0.39, 0.29) is 11.9 Å². The molecule has 1 aliphatic heterocycles. The van der Waals surface area contributed by atoms with Gasteiger partial charge in [-0.25, -0.2) is 4.98 Å². The lowest BCUT2D eigenvalue weighted by atomic mass is 10.1. The maximum atomic E-state index is 9.55. The molecule has 1 atom stereocenters. The van der Waals surface area contributed by atoms with E-state index in [0.717, 1.165) is 54.3 Å². The lowest BCUT2D eigenvalue weighted by molar-refractivity contribution is 0.120. The lowest BCUT2D eigenvalue weighted by Gasteiger charge is -2.13. The van der Waals surface area contributed by atoms with E-state index in [1.165, 1.54) is 0 Å². The first kappa shape index (κ1) is 15.0. The molecule has 1 saturated heterocycles. The van der Waals surface area contributed by atoms with Crippen molar-refractivity contribution in [1.82, 2.24) is 9.38 Å². The summed E-state index contributed by atoms with van der Waals surface area (Å²) >= 11 is 0. The molecule has 124 valence electrons. The molecule has 2 aromatic heterocycles. The molecule has 0 unspecified atom stereocenters. The van der Waals surface area contributed by atoms with Crippen LogP contribution in [0.5, 0.6) is 5.75 Å². The Balaban J connectivity index is 1.77. The van der Waals surface area contributed by atoms with Crippen molar-refractivity contribution in [2.75, 3.05) is 18.5 Å². The minimum Gasteiger partial charge on any atom is -0.508 e. The third-order valence-corrected chi connectivity index (χ3v) is 4.51. The molecule has 3 heterocycles. The smallest absolute Gasteiger partial charge is 0.142 e. The number of imidazole rings is 1. The highest BCUT2D eigenvalue weighted by Gasteiger charge is 2.19. The Morgan fingerprint density at radius 3 is 2.88 bits per heavy atom. The number of aromatic hydroxyl groups is 1. The van der Waals surface area contributed by atoms with Gasteiger partial charge in [-0.1, -0.05) is 6.07 Å². The number of nitrogens with one attached hydrogen (secondary N) is 1. The monoisotopic (exact) mass is 323 g/mol. The number of phenols is 1. The maximum Gasteiger partial charge on any atom is 0.142 e. The van der Waals surface area contributed by atoms with Crippen molar-refractivity contribution in [3.05, 3.63) is 48.2 Å². The van der Waals surface area contributed by atoms with Crippen LogP contribution in [0.4, 0.5) is 5.82 Å². The molecule has 0 amide bonds. The lowest BCUT2D eigenvalue weighted by Crippen LogP contribution is -2.19. The summed E-state index contributed by atoms with van der Waals surface area (Å²) in [4.78, 5) is 4.84. The minimum absolute atomic E-state index is 0.257. The van der Waals surface area contributed by atoms with Crippen LogP contribution in [0.2, 0.25) is 0 Å². The van der Waals surface area contributed by atoms with Crippen LogP contribution in [-0.2, 0) is 4.74 Å². The summed E-state index contributed by atoms with van der Waals surface area (Å²) in [5.41, 5.74) is 3.94.